The number of hydrogen-bond donors (Lipinski definition) is 1. The van der Waals surface area contributed by atoms with Crippen LogP contribution in [0, 0.1) is 0 Å². The average Bonchev–Trinajstić information content (AvgIpc) is 2.63. The predicted octanol–water partition coefficient (Wildman–Crippen LogP) is 4.05. The van der Waals surface area contributed by atoms with Gasteiger partial charge in [-0.1, -0.05) is 41.9 Å². The second-order valence-electron chi connectivity index (χ2n) is 5.17. The second kappa shape index (κ2) is 7.77. The van der Waals surface area contributed by atoms with Crippen LogP contribution in [0.2, 0.25) is 5.15 Å². The molecule has 0 fully saturated rings. The molecule has 1 amide bonds. The Morgan fingerprint density at radius 3 is 2.88 bits per heavy atom. The molecule has 126 valence electrons. The number of nitrogens with zero attached hydrogens (tertiary/aromatic N) is 2. The van der Waals surface area contributed by atoms with Crippen LogP contribution in [0.3, 0.4) is 0 Å². The maximum Gasteiger partial charge on any atom is 0.274 e. The van der Waals surface area contributed by atoms with Gasteiger partial charge < -0.3 is 4.74 Å². The minimum atomic E-state index is -0.424. The number of aromatic nitrogens is 1. The van der Waals surface area contributed by atoms with Crippen LogP contribution in [0.5, 0.6) is 5.75 Å². The fourth-order valence-electron chi connectivity index (χ4n) is 2.46. The first-order valence-corrected chi connectivity index (χ1v) is 8.17. The number of benzene rings is 2. The third-order valence-electron chi connectivity index (χ3n) is 3.59. The molecule has 0 radical (unpaired) electrons. The van der Waals surface area contributed by atoms with Crippen LogP contribution < -0.4 is 10.2 Å². The molecule has 2 aromatic carbocycles. The number of hydrogen-bond acceptors (Lipinski definition) is 4. The van der Waals surface area contributed by atoms with Crippen molar-refractivity contribution in [1.29, 1.82) is 0 Å². The molecule has 0 unspecified atom stereocenters. The van der Waals surface area contributed by atoms with Crippen molar-refractivity contribution in [2.75, 3.05) is 6.61 Å². The summed E-state index contributed by atoms with van der Waals surface area (Å²) in [6, 6.07) is 15.0. The molecular formula is C19H16ClN3O2. The molecular weight excluding hydrogens is 338 g/mol. The van der Waals surface area contributed by atoms with Crippen LogP contribution in [-0.4, -0.2) is 23.7 Å². The van der Waals surface area contributed by atoms with E-state index in [0.717, 1.165) is 16.3 Å². The third-order valence-corrected chi connectivity index (χ3v) is 3.90. The van der Waals surface area contributed by atoms with Crippen LogP contribution in [0.15, 0.2) is 59.8 Å². The zero-order chi connectivity index (χ0) is 17.6. The van der Waals surface area contributed by atoms with Gasteiger partial charge in [0.15, 0.2) is 0 Å². The summed E-state index contributed by atoms with van der Waals surface area (Å²) in [6.45, 7) is 2.46. The summed E-state index contributed by atoms with van der Waals surface area (Å²) in [5.74, 6) is 0.283. The number of nitrogens with one attached hydrogen (secondary N) is 1. The Balaban J connectivity index is 1.89. The van der Waals surface area contributed by atoms with Crippen LogP contribution in [0.4, 0.5) is 0 Å². The number of carbonyl (C=O) groups is 1. The number of ether oxygens (including phenoxy) is 1. The van der Waals surface area contributed by atoms with E-state index in [9.17, 15) is 4.79 Å². The van der Waals surface area contributed by atoms with Crippen molar-refractivity contribution in [3.05, 3.63) is 71.0 Å². The van der Waals surface area contributed by atoms with Crippen molar-refractivity contribution in [2.45, 2.75) is 6.92 Å². The Hall–Kier alpha value is -2.92. The van der Waals surface area contributed by atoms with Crippen molar-refractivity contribution in [2.24, 2.45) is 5.10 Å². The quantitative estimate of drug-likeness (QED) is 0.427. The first-order chi connectivity index (χ1) is 12.2. The van der Waals surface area contributed by atoms with Crippen LogP contribution in [0.1, 0.15) is 22.8 Å². The van der Waals surface area contributed by atoms with Crippen LogP contribution in [-0.2, 0) is 0 Å². The Labute approximate surface area is 150 Å². The number of halogens is 1. The molecule has 0 bridgehead atoms. The minimum Gasteiger partial charge on any atom is -0.493 e. The highest BCUT2D eigenvalue weighted by Crippen LogP contribution is 2.26. The molecule has 0 atom stereocenters. The zero-order valence-electron chi connectivity index (χ0n) is 13.6. The summed E-state index contributed by atoms with van der Waals surface area (Å²) in [7, 11) is 0. The van der Waals surface area contributed by atoms with Gasteiger partial charge in [0.1, 0.15) is 10.9 Å². The van der Waals surface area contributed by atoms with Gasteiger partial charge in [-0.15, -0.1) is 0 Å². The van der Waals surface area contributed by atoms with Crippen molar-refractivity contribution in [3.8, 4) is 5.75 Å². The second-order valence-corrected chi connectivity index (χ2v) is 5.53. The summed E-state index contributed by atoms with van der Waals surface area (Å²) in [4.78, 5) is 16.0. The SMILES string of the molecule is CCOc1ccc2ccccc2c1C=NNC(=O)c1cccnc1Cl. The zero-order valence-corrected chi connectivity index (χ0v) is 14.3. The highest BCUT2D eigenvalue weighted by Gasteiger charge is 2.10. The fraction of sp³-hybridized carbons (Fsp3) is 0.105. The van der Waals surface area contributed by atoms with Gasteiger partial charge in [-0.3, -0.25) is 4.79 Å². The molecule has 0 saturated carbocycles. The molecule has 0 aliphatic rings. The van der Waals surface area contributed by atoms with Gasteiger partial charge >= 0.3 is 0 Å². The first-order valence-electron chi connectivity index (χ1n) is 7.79. The number of hydrazone groups is 1. The topological polar surface area (TPSA) is 63.6 Å². The molecule has 5 nitrogen and oxygen atoms in total. The molecule has 3 aromatic rings. The normalized spacial score (nSPS) is 11.0. The molecule has 1 N–H and O–H groups in total. The lowest BCUT2D eigenvalue weighted by Gasteiger charge is -2.10. The molecule has 0 aliphatic heterocycles. The van der Waals surface area contributed by atoms with E-state index < -0.39 is 5.91 Å². The molecule has 0 aliphatic carbocycles. The van der Waals surface area contributed by atoms with Crippen molar-refractivity contribution < 1.29 is 9.53 Å². The molecule has 1 heterocycles. The molecule has 3 rings (SSSR count). The third kappa shape index (κ3) is 3.78. The van der Waals surface area contributed by atoms with Gasteiger partial charge in [0.2, 0.25) is 0 Å². The van der Waals surface area contributed by atoms with E-state index in [0.29, 0.717) is 12.4 Å². The van der Waals surface area contributed by atoms with Crippen LogP contribution in [0.25, 0.3) is 10.8 Å². The predicted molar refractivity (Wildman–Crippen MR) is 99.4 cm³/mol. The van der Waals surface area contributed by atoms with Gasteiger partial charge in [0, 0.05) is 11.8 Å². The number of carbonyl (C=O) groups excluding carboxylic acids is 1. The summed E-state index contributed by atoms with van der Waals surface area (Å²) in [5.41, 5.74) is 3.54. The maximum absolute atomic E-state index is 12.1. The smallest absolute Gasteiger partial charge is 0.274 e. The maximum atomic E-state index is 12.1. The summed E-state index contributed by atoms with van der Waals surface area (Å²) in [5, 5.41) is 6.25. The lowest BCUT2D eigenvalue weighted by atomic mass is 10.0. The van der Waals surface area contributed by atoms with Crippen molar-refractivity contribution in [1.82, 2.24) is 10.4 Å². The van der Waals surface area contributed by atoms with Crippen molar-refractivity contribution >= 4 is 34.5 Å². The van der Waals surface area contributed by atoms with Crippen LogP contribution >= 0.6 is 11.6 Å². The highest BCUT2D eigenvalue weighted by atomic mass is 35.5. The van der Waals surface area contributed by atoms with Crippen molar-refractivity contribution in [3.63, 3.8) is 0 Å². The molecule has 0 saturated heterocycles. The fourth-order valence-corrected chi connectivity index (χ4v) is 2.67. The van der Waals surface area contributed by atoms with E-state index in [-0.39, 0.29) is 10.7 Å². The Bertz CT molecular complexity index is 941. The molecule has 0 spiro atoms. The average molecular weight is 354 g/mol. The van der Waals surface area contributed by atoms with E-state index in [1.807, 2.05) is 43.3 Å². The van der Waals surface area contributed by atoms with E-state index in [4.69, 9.17) is 16.3 Å². The molecule has 6 heteroatoms. The number of fused-ring (bicyclic) bond motifs is 1. The van der Waals surface area contributed by atoms with Gasteiger partial charge in [-0.05, 0) is 35.9 Å². The van der Waals surface area contributed by atoms with Gasteiger partial charge in [-0.25, -0.2) is 10.4 Å². The van der Waals surface area contributed by atoms with E-state index in [1.54, 1.807) is 18.3 Å². The minimum absolute atomic E-state index is 0.135. The van der Waals surface area contributed by atoms with Gasteiger partial charge in [-0.2, -0.15) is 5.10 Å². The van der Waals surface area contributed by atoms with Gasteiger partial charge in [0.25, 0.3) is 5.91 Å². The summed E-state index contributed by atoms with van der Waals surface area (Å²) >= 11 is 5.92. The Morgan fingerprint density at radius 1 is 1.24 bits per heavy atom. The van der Waals surface area contributed by atoms with E-state index in [2.05, 4.69) is 15.5 Å². The van der Waals surface area contributed by atoms with E-state index in [1.165, 1.54) is 6.20 Å². The number of pyridine rings is 1. The highest BCUT2D eigenvalue weighted by molar-refractivity contribution is 6.32. The summed E-state index contributed by atoms with van der Waals surface area (Å²) < 4.78 is 5.67. The molecule has 25 heavy (non-hydrogen) atoms. The standard InChI is InChI=1S/C19H16ClN3O2/c1-2-25-17-10-9-13-6-3-4-7-14(13)16(17)12-22-23-19(24)15-8-5-11-21-18(15)20/h3-12H,2H2,1H3,(H,23,24). The molecule has 1 aromatic heterocycles. The lowest BCUT2D eigenvalue weighted by molar-refractivity contribution is 0.0955. The number of amides is 1. The Kier molecular flexibility index (Phi) is 5.26. The number of rotatable bonds is 5. The van der Waals surface area contributed by atoms with Gasteiger partial charge in [0.05, 0.1) is 18.4 Å². The Morgan fingerprint density at radius 2 is 2.08 bits per heavy atom. The lowest BCUT2D eigenvalue weighted by Crippen LogP contribution is -2.18. The largest absolute Gasteiger partial charge is 0.493 e. The first kappa shape index (κ1) is 16.9. The monoisotopic (exact) mass is 353 g/mol. The van der Waals surface area contributed by atoms with E-state index >= 15 is 0 Å². The summed E-state index contributed by atoms with van der Waals surface area (Å²) in [6.07, 6.45) is 3.10.